The first kappa shape index (κ1) is 26.7. The van der Waals surface area contributed by atoms with Crippen LogP contribution in [0.15, 0.2) is 54.3 Å². The van der Waals surface area contributed by atoms with Crippen LogP contribution in [0, 0.1) is 0 Å². The number of benzene rings is 2. The van der Waals surface area contributed by atoms with Crippen LogP contribution in [0.25, 0.3) is 27.1 Å². The molecule has 0 saturated carbocycles. The van der Waals surface area contributed by atoms with Gasteiger partial charge in [0.2, 0.25) is 0 Å². The zero-order valence-corrected chi connectivity index (χ0v) is 24.6. The molecule has 2 aliphatic rings. The molecule has 7 heteroatoms. The van der Waals surface area contributed by atoms with Gasteiger partial charge in [-0.1, -0.05) is 48.6 Å². The molecule has 0 bridgehead atoms. The SMILES string of the molecule is C[Si](C)(C)OCOC1=C(c2cc3c([cH-]c4ccccc43)c3c2[Si]3(C)C)CC=C1.[Cl-].[Cl-].[Zr+3]. The van der Waals surface area contributed by atoms with Gasteiger partial charge >= 0.3 is 26.2 Å². The maximum absolute atomic E-state index is 6.09. The van der Waals surface area contributed by atoms with Gasteiger partial charge in [-0.3, -0.25) is 0 Å². The normalized spacial score (nSPS) is 15.9. The second kappa shape index (κ2) is 9.36. The maximum Gasteiger partial charge on any atom is 3.00 e. The molecule has 3 aromatic carbocycles. The fraction of sp³-hybridized carbons (Fsp3) is 0.292. The molecule has 0 spiro atoms. The van der Waals surface area contributed by atoms with E-state index in [0.717, 1.165) is 12.2 Å². The van der Waals surface area contributed by atoms with Crippen LogP contribution in [-0.4, -0.2) is 23.2 Å². The molecule has 31 heavy (non-hydrogen) atoms. The van der Waals surface area contributed by atoms with E-state index in [-0.39, 0.29) is 51.0 Å². The number of rotatable bonds is 5. The first-order valence-electron chi connectivity index (χ1n) is 10.1. The van der Waals surface area contributed by atoms with Gasteiger partial charge in [0, 0.05) is 5.57 Å². The van der Waals surface area contributed by atoms with Crippen molar-refractivity contribution in [3.8, 4) is 0 Å². The summed E-state index contributed by atoms with van der Waals surface area (Å²) in [4.78, 5) is 0. The summed E-state index contributed by atoms with van der Waals surface area (Å²) < 4.78 is 12.0. The van der Waals surface area contributed by atoms with Gasteiger partial charge in [-0.05, 0) is 37.7 Å². The van der Waals surface area contributed by atoms with Crippen LogP contribution in [0.1, 0.15) is 12.0 Å². The Labute approximate surface area is 218 Å². The van der Waals surface area contributed by atoms with Crippen LogP contribution < -0.4 is 35.2 Å². The summed E-state index contributed by atoms with van der Waals surface area (Å²) in [5.74, 6) is 0.993. The van der Waals surface area contributed by atoms with E-state index in [2.05, 4.69) is 81.3 Å². The molecule has 1 heterocycles. The van der Waals surface area contributed by atoms with Crippen molar-refractivity contribution < 1.29 is 60.2 Å². The average Bonchev–Trinajstić information content (AvgIpc) is 2.98. The molecule has 0 atom stereocenters. The van der Waals surface area contributed by atoms with Crippen molar-refractivity contribution in [2.24, 2.45) is 0 Å². The summed E-state index contributed by atoms with van der Waals surface area (Å²) in [5.41, 5.74) is 2.75. The zero-order valence-electron chi connectivity index (χ0n) is 18.6. The number of hydrogen-bond donors (Lipinski definition) is 0. The topological polar surface area (TPSA) is 18.5 Å². The minimum Gasteiger partial charge on any atom is -1.00 e. The largest absolute Gasteiger partial charge is 3.00 e. The molecule has 0 fully saturated rings. The molecule has 1 radical (unpaired) electrons. The maximum atomic E-state index is 6.09. The van der Waals surface area contributed by atoms with E-state index in [1.165, 1.54) is 32.7 Å². The summed E-state index contributed by atoms with van der Waals surface area (Å²) >= 11 is 0. The molecule has 161 valence electrons. The van der Waals surface area contributed by atoms with Crippen molar-refractivity contribution in [1.82, 2.24) is 0 Å². The summed E-state index contributed by atoms with van der Waals surface area (Å²) in [5, 5.41) is 8.88. The third-order valence-electron chi connectivity index (χ3n) is 6.03. The van der Waals surface area contributed by atoms with E-state index in [4.69, 9.17) is 9.16 Å². The van der Waals surface area contributed by atoms with Gasteiger partial charge in [0.15, 0.2) is 15.1 Å². The van der Waals surface area contributed by atoms with Crippen LogP contribution in [0.4, 0.5) is 0 Å². The van der Waals surface area contributed by atoms with Crippen molar-refractivity contribution in [2.45, 2.75) is 39.2 Å². The number of ether oxygens (including phenoxy) is 1. The van der Waals surface area contributed by atoms with E-state index in [1.54, 1.807) is 10.4 Å². The molecule has 1 aliphatic heterocycles. The van der Waals surface area contributed by atoms with Gasteiger partial charge in [-0.2, -0.15) is 0 Å². The fourth-order valence-electron chi connectivity index (χ4n) is 4.61. The molecule has 0 amide bonds. The second-order valence-corrected chi connectivity index (χ2v) is 18.2. The van der Waals surface area contributed by atoms with Gasteiger partial charge in [0.05, 0.1) is 8.07 Å². The Bertz CT molecular complexity index is 1190. The van der Waals surface area contributed by atoms with Crippen LogP contribution in [0.5, 0.6) is 0 Å². The van der Waals surface area contributed by atoms with Gasteiger partial charge in [-0.15, -0.1) is 38.9 Å². The second-order valence-electron chi connectivity index (χ2n) is 9.46. The zero-order chi connectivity index (χ0) is 19.7. The standard InChI is InChI=1S/C24H27O2Si2.2ClH.Zr/c1-27(2,3)26-15-25-22-12-8-11-18(22)21-14-19-17-10-7-6-9-16(17)13-20(19)23-24(21)28(23,4)5;;;/h6-10,12-14H,11,15H2,1-5H3;2*1H;/q-1;;;+3/p-2. The number of halogens is 2. The third kappa shape index (κ3) is 4.60. The first-order valence-corrected chi connectivity index (χ1v) is 16.5. The minimum atomic E-state index is -1.58. The Morgan fingerprint density at radius 1 is 1.03 bits per heavy atom. The number of allylic oxidation sites excluding steroid dienone is 3. The van der Waals surface area contributed by atoms with E-state index in [9.17, 15) is 0 Å². The molecule has 1 aliphatic carbocycles. The van der Waals surface area contributed by atoms with Crippen molar-refractivity contribution >= 4 is 53.9 Å². The smallest absolute Gasteiger partial charge is 1.00 e. The van der Waals surface area contributed by atoms with Crippen LogP contribution in [0.2, 0.25) is 32.7 Å². The first-order chi connectivity index (χ1) is 13.3. The Kier molecular flexibility index (Phi) is 8.06. The molecule has 2 nitrogen and oxygen atoms in total. The molecular formula is C24H27Cl2O2Si2Zr. The molecule has 0 aromatic heterocycles. The van der Waals surface area contributed by atoms with Gasteiger partial charge in [-0.25, -0.2) is 0 Å². The van der Waals surface area contributed by atoms with E-state index >= 15 is 0 Å². The van der Waals surface area contributed by atoms with Gasteiger partial charge < -0.3 is 34.0 Å². The predicted molar refractivity (Wildman–Crippen MR) is 125 cm³/mol. The molecule has 0 saturated heterocycles. The number of hydrogen-bond acceptors (Lipinski definition) is 2. The van der Waals surface area contributed by atoms with Crippen LogP contribution in [0.3, 0.4) is 0 Å². The van der Waals surface area contributed by atoms with Gasteiger partial charge in [0.25, 0.3) is 0 Å². The Morgan fingerprint density at radius 2 is 1.74 bits per heavy atom. The monoisotopic (exact) mass is 563 g/mol. The number of fused-ring (bicyclic) bond motifs is 5. The molecule has 0 N–H and O–H groups in total. The molecular weight excluding hydrogens is 539 g/mol. The predicted octanol–water partition coefficient (Wildman–Crippen LogP) is -0.650. The van der Waals surface area contributed by atoms with Gasteiger partial charge in [0.1, 0.15) is 5.76 Å². The Morgan fingerprint density at radius 3 is 2.45 bits per heavy atom. The third-order valence-corrected chi connectivity index (χ3v) is 10.3. The summed E-state index contributed by atoms with van der Waals surface area (Å²) in [6.07, 6.45) is 5.29. The summed E-state index contributed by atoms with van der Waals surface area (Å²) in [7, 11) is -3.05. The van der Waals surface area contributed by atoms with Crippen LogP contribution >= 0.6 is 0 Å². The Balaban J connectivity index is 0.00000114. The van der Waals surface area contributed by atoms with E-state index in [1.807, 2.05) is 0 Å². The van der Waals surface area contributed by atoms with E-state index in [0.29, 0.717) is 6.79 Å². The molecule has 5 rings (SSSR count). The quantitative estimate of drug-likeness (QED) is 0.233. The van der Waals surface area contributed by atoms with E-state index < -0.39 is 16.4 Å². The minimum absolute atomic E-state index is 0. The average molecular weight is 566 g/mol. The molecule has 0 unspecified atom stereocenters. The molecule has 3 aromatic rings. The summed E-state index contributed by atoms with van der Waals surface area (Å²) in [6, 6.07) is 13.6. The van der Waals surface area contributed by atoms with Crippen molar-refractivity contribution in [1.29, 1.82) is 0 Å². The van der Waals surface area contributed by atoms with Crippen LogP contribution in [-0.2, 0) is 35.4 Å². The Hall–Kier alpha value is -0.553. The van der Waals surface area contributed by atoms with Crippen molar-refractivity contribution in [2.75, 3.05) is 6.79 Å². The summed E-state index contributed by atoms with van der Waals surface area (Å²) in [6.45, 7) is 11.9. The van der Waals surface area contributed by atoms with Crippen molar-refractivity contribution in [3.63, 3.8) is 0 Å². The fourth-order valence-corrected chi connectivity index (χ4v) is 8.75. The van der Waals surface area contributed by atoms with Crippen molar-refractivity contribution in [3.05, 3.63) is 59.9 Å².